The maximum Gasteiger partial charge on any atom is 0.279 e. The number of halogens is 2. The Kier molecular flexibility index (Phi) is 6.99. The highest BCUT2D eigenvalue weighted by Crippen LogP contribution is 2.27. The van der Waals surface area contributed by atoms with Crippen LogP contribution in [-0.4, -0.2) is 57.3 Å². The number of piperazine rings is 1. The Morgan fingerprint density at radius 3 is 2.30 bits per heavy atom. The van der Waals surface area contributed by atoms with Gasteiger partial charge in [0.05, 0.1) is 31.2 Å². The molecule has 1 fully saturated rings. The average Bonchev–Trinajstić information content (AvgIpc) is 2.70. The second kappa shape index (κ2) is 9.32. The molecule has 160 valence electrons. The fraction of sp³-hybridized carbons (Fsp3) is 0.263. The zero-order chi connectivity index (χ0) is 21.9. The highest BCUT2D eigenvalue weighted by Gasteiger charge is 2.32. The molecule has 1 aliphatic heterocycles. The molecule has 1 heterocycles. The monoisotopic (exact) mass is 471 g/mol. The van der Waals surface area contributed by atoms with E-state index in [1.807, 2.05) is 0 Å². The quantitative estimate of drug-likeness (QED) is 0.572. The van der Waals surface area contributed by atoms with Crippen molar-refractivity contribution >= 4 is 50.7 Å². The van der Waals surface area contributed by atoms with Crippen LogP contribution < -0.4 is 16.0 Å². The molecule has 0 aliphatic carbocycles. The molecule has 0 bridgehead atoms. The third kappa shape index (κ3) is 5.30. The summed E-state index contributed by atoms with van der Waals surface area (Å²) in [5, 5.41) is 3.18. The van der Waals surface area contributed by atoms with Crippen LogP contribution >= 0.6 is 23.2 Å². The van der Waals surface area contributed by atoms with Crippen LogP contribution in [0.15, 0.2) is 47.4 Å². The largest absolute Gasteiger partial charge is 0.366 e. The first-order valence-electron chi connectivity index (χ1n) is 9.15. The molecule has 0 aromatic heterocycles. The maximum atomic E-state index is 12.9. The highest BCUT2D eigenvalue weighted by atomic mass is 35.5. The number of amides is 2. The summed E-state index contributed by atoms with van der Waals surface area (Å²) in [6, 6.07) is 10.6. The Morgan fingerprint density at radius 1 is 1.07 bits per heavy atom. The second-order valence-electron chi connectivity index (χ2n) is 6.90. The molecule has 11 heteroatoms. The number of carbonyl (C=O) groups is 2. The number of sulfonamides is 1. The van der Waals surface area contributed by atoms with Gasteiger partial charge < -0.3 is 16.0 Å². The van der Waals surface area contributed by atoms with Gasteiger partial charge in [-0.15, -0.1) is 0 Å². The number of nitrogens with zero attached hydrogens (tertiary/aromatic N) is 1. The standard InChI is InChI=1S/C19H20Cl2N4O4S/c20-14-3-6-16(21)17(11-14)30(28,29)25-9-7-24(8-10-25)12-18(26)23-15-4-1-13(2-5-15)19(22)27/h1-6,11H,7-10,12H2,(H2,22,27)(H,23,26)/p+1. The van der Waals surface area contributed by atoms with E-state index in [1.54, 1.807) is 12.1 Å². The van der Waals surface area contributed by atoms with Gasteiger partial charge in [-0.25, -0.2) is 8.42 Å². The molecule has 0 unspecified atom stereocenters. The van der Waals surface area contributed by atoms with E-state index in [0.29, 0.717) is 29.4 Å². The summed E-state index contributed by atoms with van der Waals surface area (Å²) in [5.41, 5.74) is 6.11. The molecule has 0 atom stereocenters. The molecule has 2 aromatic carbocycles. The summed E-state index contributed by atoms with van der Waals surface area (Å²) in [5.74, 6) is -0.741. The molecule has 8 nitrogen and oxygen atoms in total. The minimum atomic E-state index is -3.76. The van der Waals surface area contributed by atoms with Gasteiger partial charge in [0.1, 0.15) is 4.90 Å². The number of nitrogens with two attached hydrogens (primary N) is 1. The summed E-state index contributed by atoms with van der Waals surface area (Å²) in [4.78, 5) is 24.3. The van der Waals surface area contributed by atoms with Gasteiger partial charge in [-0.05, 0) is 42.5 Å². The smallest absolute Gasteiger partial charge is 0.279 e. The van der Waals surface area contributed by atoms with Gasteiger partial charge in [-0.1, -0.05) is 23.2 Å². The number of nitrogens with one attached hydrogen (secondary N) is 2. The molecule has 3 rings (SSSR count). The average molecular weight is 472 g/mol. The van der Waals surface area contributed by atoms with E-state index < -0.39 is 15.9 Å². The van der Waals surface area contributed by atoms with Crippen LogP contribution in [0.3, 0.4) is 0 Å². The van der Waals surface area contributed by atoms with Crippen LogP contribution in [0.1, 0.15) is 10.4 Å². The Hall–Kier alpha value is -2.17. The molecule has 0 spiro atoms. The van der Waals surface area contributed by atoms with E-state index in [4.69, 9.17) is 28.9 Å². The third-order valence-electron chi connectivity index (χ3n) is 4.80. The van der Waals surface area contributed by atoms with E-state index in [9.17, 15) is 18.0 Å². The van der Waals surface area contributed by atoms with E-state index in [0.717, 1.165) is 4.90 Å². The fourth-order valence-electron chi connectivity index (χ4n) is 3.18. The maximum absolute atomic E-state index is 12.9. The minimum absolute atomic E-state index is 0.0164. The lowest BCUT2D eigenvalue weighted by molar-refractivity contribution is -0.895. The van der Waals surface area contributed by atoms with E-state index in [-0.39, 0.29) is 35.5 Å². The lowest BCUT2D eigenvalue weighted by Crippen LogP contribution is -3.15. The van der Waals surface area contributed by atoms with Gasteiger partial charge in [0, 0.05) is 16.3 Å². The van der Waals surface area contributed by atoms with Gasteiger partial charge >= 0.3 is 0 Å². The topological polar surface area (TPSA) is 114 Å². The summed E-state index contributed by atoms with van der Waals surface area (Å²) < 4.78 is 27.1. The van der Waals surface area contributed by atoms with E-state index in [1.165, 1.54) is 34.6 Å². The van der Waals surface area contributed by atoms with Gasteiger partial charge in [0.2, 0.25) is 15.9 Å². The van der Waals surface area contributed by atoms with Gasteiger partial charge in [-0.2, -0.15) is 4.31 Å². The highest BCUT2D eigenvalue weighted by molar-refractivity contribution is 7.89. The lowest BCUT2D eigenvalue weighted by Gasteiger charge is -2.31. The number of anilines is 1. The Morgan fingerprint density at radius 2 is 1.70 bits per heavy atom. The van der Waals surface area contributed by atoms with Crippen molar-refractivity contribution in [3.05, 3.63) is 58.1 Å². The van der Waals surface area contributed by atoms with Crippen molar-refractivity contribution in [3.63, 3.8) is 0 Å². The second-order valence-corrected chi connectivity index (χ2v) is 9.65. The first-order chi connectivity index (χ1) is 14.2. The number of hydrogen-bond acceptors (Lipinski definition) is 4. The first-order valence-corrected chi connectivity index (χ1v) is 11.3. The van der Waals surface area contributed by atoms with Crippen molar-refractivity contribution in [2.75, 3.05) is 38.0 Å². The van der Waals surface area contributed by atoms with Crippen LogP contribution in [-0.2, 0) is 14.8 Å². The number of quaternary nitrogens is 1. The SMILES string of the molecule is NC(=O)c1ccc(NC(=O)C[NH+]2CCN(S(=O)(=O)c3cc(Cl)ccc3Cl)CC2)cc1. The fourth-order valence-corrected chi connectivity index (χ4v) is 5.36. The van der Waals surface area contributed by atoms with Crippen molar-refractivity contribution in [1.82, 2.24) is 4.31 Å². The normalized spacial score (nSPS) is 15.7. The predicted octanol–water partition coefficient (Wildman–Crippen LogP) is 0.620. The van der Waals surface area contributed by atoms with Gasteiger partial charge in [0.15, 0.2) is 6.54 Å². The lowest BCUT2D eigenvalue weighted by atomic mass is 10.2. The molecule has 1 aliphatic rings. The molecule has 30 heavy (non-hydrogen) atoms. The first kappa shape index (κ1) is 22.5. The van der Waals surface area contributed by atoms with Crippen LogP contribution in [0, 0.1) is 0 Å². The van der Waals surface area contributed by atoms with Crippen molar-refractivity contribution in [1.29, 1.82) is 0 Å². The summed E-state index contributed by atoms with van der Waals surface area (Å²) in [7, 11) is -3.76. The van der Waals surface area contributed by atoms with Crippen molar-refractivity contribution in [2.45, 2.75) is 4.90 Å². The zero-order valence-corrected chi connectivity index (χ0v) is 18.2. The van der Waals surface area contributed by atoms with E-state index in [2.05, 4.69) is 5.32 Å². The van der Waals surface area contributed by atoms with Crippen molar-refractivity contribution in [3.8, 4) is 0 Å². The third-order valence-corrected chi connectivity index (χ3v) is 7.42. The number of rotatable bonds is 6. The molecule has 1 saturated heterocycles. The minimum Gasteiger partial charge on any atom is -0.366 e. The summed E-state index contributed by atoms with van der Waals surface area (Å²) in [6.45, 7) is 1.68. The molecular weight excluding hydrogens is 451 g/mol. The van der Waals surface area contributed by atoms with E-state index >= 15 is 0 Å². The van der Waals surface area contributed by atoms with Crippen LogP contribution in [0.5, 0.6) is 0 Å². The molecule has 2 amide bonds. The van der Waals surface area contributed by atoms with Crippen LogP contribution in [0.25, 0.3) is 0 Å². The Labute approximate surface area is 184 Å². The number of carbonyl (C=O) groups excluding carboxylic acids is 2. The summed E-state index contributed by atoms with van der Waals surface area (Å²) in [6.07, 6.45) is 0. The molecule has 0 radical (unpaired) electrons. The number of benzene rings is 2. The van der Waals surface area contributed by atoms with Gasteiger partial charge in [0.25, 0.3) is 5.91 Å². The molecule has 4 N–H and O–H groups in total. The van der Waals surface area contributed by atoms with Crippen LogP contribution in [0.2, 0.25) is 10.0 Å². The number of primary amides is 1. The van der Waals surface area contributed by atoms with Crippen LogP contribution in [0.4, 0.5) is 5.69 Å². The van der Waals surface area contributed by atoms with Crippen molar-refractivity contribution in [2.24, 2.45) is 5.73 Å². The molecule has 0 saturated carbocycles. The Balaban J connectivity index is 1.55. The zero-order valence-electron chi connectivity index (χ0n) is 15.9. The molecular formula is C19H21Cl2N4O4S+. The predicted molar refractivity (Wildman–Crippen MR) is 114 cm³/mol. The summed E-state index contributed by atoms with van der Waals surface area (Å²) >= 11 is 12.0. The Bertz CT molecular complexity index is 1050. The number of hydrogen-bond donors (Lipinski definition) is 3. The van der Waals surface area contributed by atoms with Crippen molar-refractivity contribution < 1.29 is 22.9 Å². The van der Waals surface area contributed by atoms with Gasteiger partial charge in [-0.3, -0.25) is 9.59 Å². The molecule has 2 aromatic rings.